The Bertz CT molecular complexity index is 1250. The van der Waals surface area contributed by atoms with Gasteiger partial charge in [0.15, 0.2) is 5.69 Å². The molecule has 1 amide bonds. The fourth-order valence-corrected chi connectivity index (χ4v) is 4.32. The summed E-state index contributed by atoms with van der Waals surface area (Å²) in [6.07, 6.45) is 0. The molecule has 1 fully saturated rings. The van der Waals surface area contributed by atoms with E-state index in [1.807, 2.05) is 31.2 Å². The maximum Gasteiger partial charge on any atom is 0.271 e. The highest BCUT2D eigenvalue weighted by Gasteiger charge is 2.18. The number of sulfonamides is 1. The van der Waals surface area contributed by atoms with E-state index in [1.165, 1.54) is 12.1 Å². The summed E-state index contributed by atoms with van der Waals surface area (Å²) in [6.45, 7) is 6.80. The minimum Gasteiger partial charge on any atom is -0.494 e. The van der Waals surface area contributed by atoms with Gasteiger partial charge in [-0.25, -0.2) is 18.2 Å². The first kappa shape index (κ1) is 24.9. The van der Waals surface area contributed by atoms with E-state index in [2.05, 4.69) is 15.3 Å². The third-order valence-corrected chi connectivity index (χ3v) is 6.56. The quantitative estimate of drug-likeness (QED) is 0.458. The standard InChI is InChI=1S/C24H29N5O5S/c1-2-34-20-7-3-18(4-8-20)23-17-22(24(30)26-11-12-28-13-15-33-16-14-28)27-29(23)19-5-9-21(10-6-19)35(25,31)32/h3-10,17H,2,11-16H2,1H3,(H,26,30)(H2,25,31,32). The fourth-order valence-electron chi connectivity index (χ4n) is 3.80. The zero-order chi connectivity index (χ0) is 24.8. The lowest BCUT2D eigenvalue weighted by Crippen LogP contribution is -2.41. The Kier molecular flexibility index (Phi) is 7.81. The van der Waals surface area contributed by atoms with Crippen molar-refractivity contribution in [3.05, 3.63) is 60.3 Å². The number of benzene rings is 2. The molecule has 3 N–H and O–H groups in total. The van der Waals surface area contributed by atoms with Crippen LogP contribution >= 0.6 is 0 Å². The topological polar surface area (TPSA) is 129 Å². The van der Waals surface area contributed by atoms with Crippen LogP contribution in [0, 0.1) is 0 Å². The molecule has 0 spiro atoms. The summed E-state index contributed by atoms with van der Waals surface area (Å²) in [5.74, 6) is 0.450. The van der Waals surface area contributed by atoms with Crippen LogP contribution in [0.25, 0.3) is 16.9 Å². The van der Waals surface area contributed by atoms with Gasteiger partial charge in [0.25, 0.3) is 5.91 Å². The lowest BCUT2D eigenvalue weighted by molar-refractivity contribution is 0.0383. The molecule has 1 aromatic heterocycles. The van der Waals surface area contributed by atoms with Crippen molar-refractivity contribution in [2.24, 2.45) is 5.14 Å². The van der Waals surface area contributed by atoms with Crippen LogP contribution in [0.15, 0.2) is 59.5 Å². The number of morpholine rings is 1. The molecule has 3 aromatic rings. The number of nitrogens with two attached hydrogens (primary N) is 1. The number of primary sulfonamides is 1. The number of hydrogen-bond donors (Lipinski definition) is 2. The molecule has 0 atom stereocenters. The van der Waals surface area contributed by atoms with Crippen molar-refractivity contribution in [2.75, 3.05) is 46.0 Å². The van der Waals surface area contributed by atoms with Crippen LogP contribution in [-0.4, -0.2) is 75.0 Å². The van der Waals surface area contributed by atoms with Gasteiger partial charge in [-0.15, -0.1) is 0 Å². The lowest BCUT2D eigenvalue weighted by Gasteiger charge is -2.26. The predicted octanol–water partition coefficient (Wildman–Crippen LogP) is 1.65. The van der Waals surface area contributed by atoms with E-state index in [0.29, 0.717) is 37.7 Å². The highest BCUT2D eigenvalue weighted by atomic mass is 32.2. The summed E-state index contributed by atoms with van der Waals surface area (Å²) in [4.78, 5) is 15.1. The fraction of sp³-hybridized carbons (Fsp3) is 0.333. The van der Waals surface area contributed by atoms with Crippen molar-refractivity contribution < 1.29 is 22.7 Å². The molecule has 0 unspecified atom stereocenters. The normalized spacial score (nSPS) is 14.6. The van der Waals surface area contributed by atoms with Gasteiger partial charge in [-0.1, -0.05) is 0 Å². The maximum atomic E-state index is 12.9. The van der Waals surface area contributed by atoms with E-state index < -0.39 is 10.0 Å². The van der Waals surface area contributed by atoms with Crippen molar-refractivity contribution in [3.63, 3.8) is 0 Å². The number of rotatable bonds is 9. The molecule has 1 aliphatic rings. The molecule has 1 aliphatic heterocycles. The molecule has 0 bridgehead atoms. The van der Waals surface area contributed by atoms with Gasteiger partial charge in [0, 0.05) is 31.7 Å². The molecule has 11 heteroatoms. The van der Waals surface area contributed by atoms with Crippen LogP contribution in [0.5, 0.6) is 5.75 Å². The summed E-state index contributed by atoms with van der Waals surface area (Å²) in [7, 11) is -3.82. The monoisotopic (exact) mass is 499 g/mol. The van der Waals surface area contributed by atoms with E-state index >= 15 is 0 Å². The third-order valence-electron chi connectivity index (χ3n) is 5.63. The number of carbonyl (C=O) groups excluding carboxylic acids is 1. The highest BCUT2D eigenvalue weighted by molar-refractivity contribution is 7.89. The zero-order valence-electron chi connectivity index (χ0n) is 19.5. The Hall–Kier alpha value is -3.25. The van der Waals surface area contributed by atoms with Crippen molar-refractivity contribution >= 4 is 15.9 Å². The van der Waals surface area contributed by atoms with Crippen LogP contribution in [-0.2, 0) is 14.8 Å². The molecule has 10 nitrogen and oxygen atoms in total. The van der Waals surface area contributed by atoms with Crippen LogP contribution in [0.3, 0.4) is 0 Å². The van der Waals surface area contributed by atoms with E-state index in [4.69, 9.17) is 14.6 Å². The van der Waals surface area contributed by atoms with Crippen LogP contribution in [0.1, 0.15) is 17.4 Å². The second-order valence-corrected chi connectivity index (χ2v) is 9.59. The number of carbonyl (C=O) groups is 1. The Balaban J connectivity index is 1.60. The van der Waals surface area contributed by atoms with Gasteiger partial charge in [0.05, 0.1) is 36.1 Å². The molecular formula is C24H29N5O5S. The van der Waals surface area contributed by atoms with Gasteiger partial charge in [-0.05, 0) is 61.5 Å². The second kappa shape index (κ2) is 11.0. The lowest BCUT2D eigenvalue weighted by atomic mass is 10.1. The molecule has 186 valence electrons. The first-order valence-electron chi connectivity index (χ1n) is 11.4. The van der Waals surface area contributed by atoms with E-state index in [-0.39, 0.29) is 16.5 Å². The number of hydrogen-bond acceptors (Lipinski definition) is 7. The number of nitrogens with zero attached hydrogens (tertiary/aromatic N) is 3. The predicted molar refractivity (Wildman–Crippen MR) is 131 cm³/mol. The molecule has 0 saturated carbocycles. The summed E-state index contributed by atoms with van der Waals surface area (Å²) < 4.78 is 35.8. The van der Waals surface area contributed by atoms with Gasteiger partial charge in [-0.3, -0.25) is 9.69 Å². The first-order chi connectivity index (χ1) is 16.8. The van der Waals surface area contributed by atoms with E-state index in [0.717, 1.165) is 30.9 Å². The summed E-state index contributed by atoms with van der Waals surface area (Å²) in [5.41, 5.74) is 2.35. The summed E-state index contributed by atoms with van der Waals surface area (Å²) >= 11 is 0. The second-order valence-electron chi connectivity index (χ2n) is 8.03. The van der Waals surface area contributed by atoms with Gasteiger partial charge in [-0.2, -0.15) is 5.10 Å². The first-order valence-corrected chi connectivity index (χ1v) is 12.9. The number of amides is 1. The molecule has 1 saturated heterocycles. The molecule has 2 heterocycles. The van der Waals surface area contributed by atoms with Crippen LogP contribution in [0.4, 0.5) is 0 Å². The van der Waals surface area contributed by atoms with Crippen molar-refractivity contribution in [3.8, 4) is 22.7 Å². The third kappa shape index (κ3) is 6.25. The van der Waals surface area contributed by atoms with E-state index in [9.17, 15) is 13.2 Å². The number of ether oxygens (including phenoxy) is 2. The van der Waals surface area contributed by atoms with Crippen LogP contribution < -0.4 is 15.2 Å². The Morgan fingerprint density at radius 3 is 2.43 bits per heavy atom. The van der Waals surface area contributed by atoms with E-state index in [1.54, 1.807) is 22.9 Å². The zero-order valence-corrected chi connectivity index (χ0v) is 20.3. The average Bonchev–Trinajstić information content (AvgIpc) is 3.31. The van der Waals surface area contributed by atoms with Crippen molar-refractivity contribution in [1.82, 2.24) is 20.0 Å². The number of aromatic nitrogens is 2. The minimum atomic E-state index is -3.82. The highest BCUT2D eigenvalue weighted by Crippen LogP contribution is 2.27. The summed E-state index contributed by atoms with van der Waals surface area (Å²) in [5, 5.41) is 12.7. The van der Waals surface area contributed by atoms with Gasteiger partial charge in [0.1, 0.15) is 5.75 Å². The Morgan fingerprint density at radius 2 is 1.80 bits per heavy atom. The molecule has 0 aliphatic carbocycles. The summed E-state index contributed by atoms with van der Waals surface area (Å²) in [6, 6.07) is 15.2. The van der Waals surface area contributed by atoms with Crippen LogP contribution in [0.2, 0.25) is 0 Å². The molecule has 2 aromatic carbocycles. The Labute approximate surface area is 204 Å². The van der Waals surface area contributed by atoms with Gasteiger partial charge in [0.2, 0.25) is 10.0 Å². The van der Waals surface area contributed by atoms with Gasteiger partial charge < -0.3 is 14.8 Å². The number of nitrogens with one attached hydrogen (secondary N) is 1. The molecule has 4 rings (SSSR count). The van der Waals surface area contributed by atoms with Crippen molar-refractivity contribution in [2.45, 2.75) is 11.8 Å². The minimum absolute atomic E-state index is 0.00268. The smallest absolute Gasteiger partial charge is 0.271 e. The molecular weight excluding hydrogens is 470 g/mol. The largest absolute Gasteiger partial charge is 0.494 e. The molecule has 35 heavy (non-hydrogen) atoms. The Morgan fingerprint density at radius 1 is 1.11 bits per heavy atom. The maximum absolute atomic E-state index is 12.9. The van der Waals surface area contributed by atoms with Crippen molar-refractivity contribution in [1.29, 1.82) is 0 Å². The molecule has 0 radical (unpaired) electrons. The SMILES string of the molecule is CCOc1ccc(-c2cc(C(=O)NCCN3CCOCC3)nn2-c2ccc(S(N)(=O)=O)cc2)cc1. The van der Waals surface area contributed by atoms with Gasteiger partial charge >= 0.3 is 0 Å². The average molecular weight is 500 g/mol.